The maximum absolute atomic E-state index is 13.8. The number of hydrogen-bond acceptors (Lipinski definition) is 6. The van der Waals surface area contributed by atoms with Crippen LogP contribution >= 0.6 is 11.6 Å². The molecule has 2 aromatic carbocycles. The lowest BCUT2D eigenvalue weighted by Gasteiger charge is -2.33. The van der Waals surface area contributed by atoms with Gasteiger partial charge in [0.1, 0.15) is 25.8 Å². The van der Waals surface area contributed by atoms with E-state index < -0.39 is 28.5 Å². The number of benzene rings is 2. The van der Waals surface area contributed by atoms with E-state index in [0.717, 1.165) is 17.0 Å². The molecule has 0 radical (unpaired) electrons. The molecule has 0 fully saturated rings. The first-order chi connectivity index (χ1) is 17.5. The predicted octanol–water partition coefficient (Wildman–Crippen LogP) is 3.60. The summed E-state index contributed by atoms with van der Waals surface area (Å²) in [5.74, 6) is 0.0638. The first-order valence-electron chi connectivity index (χ1n) is 12.3. The molecule has 2 amide bonds. The summed E-state index contributed by atoms with van der Waals surface area (Å²) in [7, 11) is -3.87. The highest BCUT2D eigenvalue weighted by molar-refractivity contribution is 7.92. The minimum Gasteiger partial charge on any atom is -0.486 e. The number of fused-ring (bicyclic) bond motifs is 1. The van der Waals surface area contributed by atoms with Gasteiger partial charge in [-0.2, -0.15) is 0 Å². The van der Waals surface area contributed by atoms with Crippen LogP contribution in [-0.4, -0.2) is 63.2 Å². The Labute approximate surface area is 223 Å². The van der Waals surface area contributed by atoms with Crippen LogP contribution in [0.2, 0.25) is 5.02 Å². The molecule has 0 bridgehead atoms. The van der Waals surface area contributed by atoms with Gasteiger partial charge in [0, 0.05) is 23.7 Å². The summed E-state index contributed by atoms with van der Waals surface area (Å²) < 4.78 is 37.8. The number of halogens is 1. The molecule has 1 aliphatic rings. The lowest BCUT2D eigenvalue weighted by Crippen LogP contribution is -2.53. The number of nitrogens with zero attached hydrogens (tertiary/aromatic N) is 2. The molecule has 0 spiro atoms. The van der Waals surface area contributed by atoms with Crippen molar-refractivity contribution in [1.29, 1.82) is 0 Å². The Hall–Kier alpha value is -2.98. The molecule has 1 N–H and O–H groups in total. The maximum atomic E-state index is 13.8. The summed E-state index contributed by atoms with van der Waals surface area (Å²) in [5, 5.41) is 3.39. The average Bonchev–Trinajstić information content (AvgIpc) is 2.87. The number of rotatable bonds is 11. The second-order valence-corrected chi connectivity index (χ2v) is 11.3. The van der Waals surface area contributed by atoms with E-state index in [1.807, 2.05) is 20.8 Å². The molecule has 2 aromatic rings. The molecule has 37 heavy (non-hydrogen) atoms. The number of carbonyl (C=O) groups excluding carboxylic acids is 2. The Morgan fingerprint density at radius 2 is 1.73 bits per heavy atom. The quantitative estimate of drug-likeness (QED) is 0.457. The van der Waals surface area contributed by atoms with Gasteiger partial charge in [-0.25, -0.2) is 8.42 Å². The highest BCUT2D eigenvalue weighted by atomic mass is 35.5. The third-order valence-corrected chi connectivity index (χ3v) is 7.69. The highest BCUT2D eigenvalue weighted by Crippen LogP contribution is 2.35. The molecule has 0 saturated heterocycles. The Morgan fingerprint density at radius 1 is 1.05 bits per heavy atom. The summed E-state index contributed by atoms with van der Waals surface area (Å²) in [6.07, 6.45) is 2.09. The minimum atomic E-state index is -3.87. The summed E-state index contributed by atoms with van der Waals surface area (Å²) >= 11 is 6.38. The molecular weight excluding hydrogens is 518 g/mol. The van der Waals surface area contributed by atoms with Gasteiger partial charge >= 0.3 is 0 Å². The van der Waals surface area contributed by atoms with E-state index in [1.165, 1.54) is 11.0 Å². The molecule has 0 saturated carbocycles. The van der Waals surface area contributed by atoms with Crippen molar-refractivity contribution in [3.8, 4) is 11.5 Å². The molecule has 202 valence electrons. The van der Waals surface area contributed by atoms with Crippen LogP contribution in [0.15, 0.2) is 42.5 Å². The van der Waals surface area contributed by atoms with Crippen molar-refractivity contribution in [2.75, 3.05) is 30.3 Å². The van der Waals surface area contributed by atoms with Crippen LogP contribution in [0.1, 0.15) is 39.2 Å². The zero-order valence-electron chi connectivity index (χ0n) is 21.6. The van der Waals surface area contributed by atoms with Crippen molar-refractivity contribution in [2.45, 2.75) is 52.2 Å². The molecule has 3 rings (SSSR count). The zero-order chi connectivity index (χ0) is 27.2. The number of amides is 2. The molecule has 0 aromatic heterocycles. The monoisotopic (exact) mass is 551 g/mol. The van der Waals surface area contributed by atoms with E-state index in [0.29, 0.717) is 41.7 Å². The van der Waals surface area contributed by atoms with E-state index >= 15 is 0 Å². The van der Waals surface area contributed by atoms with Gasteiger partial charge < -0.3 is 19.7 Å². The normalized spacial score (nSPS) is 14.4. The van der Waals surface area contributed by atoms with Gasteiger partial charge in [-0.05, 0) is 43.5 Å². The highest BCUT2D eigenvalue weighted by Gasteiger charge is 2.32. The summed E-state index contributed by atoms with van der Waals surface area (Å²) in [5.41, 5.74) is 0.910. The average molecular weight is 552 g/mol. The van der Waals surface area contributed by atoms with E-state index in [1.54, 1.807) is 36.4 Å². The van der Waals surface area contributed by atoms with E-state index in [2.05, 4.69) is 5.32 Å². The Bertz CT molecular complexity index is 1220. The number of carbonyl (C=O) groups is 2. The van der Waals surface area contributed by atoms with Gasteiger partial charge in [0.05, 0.1) is 11.9 Å². The Balaban J connectivity index is 1.96. The minimum absolute atomic E-state index is 0.0453. The number of sulfonamides is 1. The number of hydrogen-bond donors (Lipinski definition) is 1. The number of anilines is 1. The van der Waals surface area contributed by atoms with Crippen molar-refractivity contribution in [3.05, 3.63) is 53.1 Å². The van der Waals surface area contributed by atoms with E-state index in [9.17, 15) is 18.0 Å². The van der Waals surface area contributed by atoms with Crippen molar-refractivity contribution in [1.82, 2.24) is 10.2 Å². The lowest BCUT2D eigenvalue weighted by molar-refractivity contribution is -0.140. The second kappa shape index (κ2) is 12.5. The Morgan fingerprint density at radius 3 is 2.35 bits per heavy atom. The van der Waals surface area contributed by atoms with Crippen LogP contribution in [0.25, 0.3) is 0 Å². The predicted molar refractivity (Wildman–Crippen MR) is 144 cm³/mol. The number of ether oxygens (including phenoxy) is 2. The first-order valence-corrected chi connectivity index (χ1v) is 14.5. The fourth-order valence-electron chi connectivity index (χ4n) is 3.97. The fraction of sp³-hybridized carbons (Fsp3) is 0.462. The van der Waals surface area contributed by atoms with Crippen molar-refractivity contribution in [3.63, 3.8) is 0 Å². The van der Waals surface area contributed by atoms with Gasteiger partial charge in [-0.15, -0.1) is 0 Å². The van der Waals surface area contributed by atoms with Crippen LogP contribution in [0.4, 0.5) is 5.69 Å². The number of nitrogens with one attached hydrogen (secondary N) is 1. The SMILES string of the molecule is CC[C@H](C(=O)N[C@@H](C)CC)N(Cc1ccccc1Cl)C(=O)CN(c1ccc2c(c1)OCCO2)S(C)(=O)=O. The van der Waals surface area contributed by atoms with Gasteiger partial charge in [0.25, 0.3) is 0 Å². The largest absolute Gasteiger partial charge is 0.486 e. The molecule has 2 atom stereocenters. The third kappa shape index (κ3) is 7.29. The summed E-state index contributed by atoms with van der Waals surface area (Å²) in [4.78, 5) is 28.4. The first kappa shape index (κ1) is 28.6. The van der Waals surface area contributed by atoms with Crippen molar-refractivity contribution < 1.29 is 27.5 Å². The molecule has 9 nitrogen and oxygen atoms in total. The van der Waals surface area contributed by atoms with Crippen molar-refractivity contribution in [2.24, 2.45) is 0 Å². The lowest BCUT2D eigenvalue weighted by atomic mass is 10.1. The van der Waals surface area contributed by atoms with Crippen LogP contribution in [0.3, 0.4) is 0 Å². The van der Waals surface area contributed by atoms with Crippen LogP contribution < -0.4 is 19.1 Å². The van der Waals surface area contributed by atoms with Crippen LogP contribution in [0, 0.1) is 0 Å². The third-order valence-electron chi connectivity index (χ3n) is 6.18. The molecule has 0 aliphatic carbocycles. The zero-order valence-corrected chi connectivity index (χ0v) is 23.1. The van der Waals surface area contributed by atoms with Gasteiger partial charge in [0.2, 0.25) is 21.8 Å². The molecule has 0 unspecified atom stereocenters. The molecule has 1 aliphatic heterocycles. The molecular formula is C26H34ClN3O6S. The van der Waals surface area contributed by atoms with Gasteiger partial charge in [-0.1, -0.05) is 43.6 Å². The van der Waals surface area contributed by atoms with Crippen LogP contribution in [0.5, 0.6) is 11.5 Å². The van der Waals surface area contributed by atoms with Gasteiger partial charge in [-0.3, -0.25) is 13.9 Å². The fourth-order valence-corrected chi connectivity index (χ4v) is 5.01. The second-order valence-electron chi connectivity index (χ2n) is 8.95. The van der Waals surface area contributed by atoms with E-state index in [-0.39, 0.29) is 24.2 Å². The topological polar surface area (TPSA) is 105 Å². The summed E-state index contributed by atoms with van der Waals surface area (Å²) in [6, 6.07) is 10.9. The van der Waals surface area contributed by atoms with Gasteiger partial charge in [0.15, 0.2) is 11.5 Å². The standard InChI is InChI=1S/C26H34ClN3O6S/c1-5-18(3)28-26(32)22(6-2)29(16-19-9-7-8-10-21(19)27)25(31)17-30(37(4,33)34)20-11-12-23-24(15-20)36-14-13-35-23/h7-12,15,18,22H,5-6,13-14,16-17H2,1-4H3,(H,28,32)/t18-,22+/m0/s1. The maximum Gasteiger partial charge on any atom is 0.244 e. The molecule has 1 heterocycles. The molecule has 11 heteroatoms. The smallest absolute Gasteiger partial charge is 0.244 e. The van der Waals surface area contributed by atoms with Crippen LogP contribution in [-0.2, 0) is 26.2 Å². The Kier molecular flexibility index (Phi) is 9.67. The van der Waals surface area contributed by atoms with E-state index in [4.69, 9.17) is 21.1 Å². The summed E-state index contributed by atoms with van der Waals surface area (Å²) in [6.45, 7) is 5.93. The van der Waals surface area contributed by atoms with Crippen molar-refractivity contribution >= 4 is 39.1 Å².